The van der Waals surface area contributed by atoms with Gasteiger partial charge in [0.05, 0.1) is 19.2 Å². The van der Waals surface area contributed by atoms with Gasteiger partial charge in [-0.25, -0.2) is 4.98 Å². The molecule has 0 aromatic carbocycles. The van der Waals surface area contributed by atoms with Crippen LogP contribution in [0, 0.1) is 13.8 Å². The van der Waals surface area contributed by atoms with E-state index in [0.29, 0.717) is 19.5 Å². The van der Waals surface area contributed by atoms with Crippen molar-refractivity contribution in [2.45, 2.75) is 26.8 Å². The highest BCUT2D eigenvalue weighted by molar-refractivity contribution is 7.14. The predicted molar refractivity (Wildman–Crippen MR) is 90.3 cm³/mol. The molecule has 0 saturated carbocycles. The number of nitrogens with one attached hydrogen (secondary N) is 1. The molecule has 0 atom stereocenters. The van der Waals surface area contributed by atoms with Crippen LogP contribution >= 0.6 is 11.3 Å². The van der Waals surface area contributed by atoms with Crippen LogP contribution in [0.2, 0.25) is 0 Å². The topological polar surface area (TPSA) is 56.2 Å². The number of aryl methyl sites for hydroxylation is 1. The third-order valence-electron chi connectivity index (χ3n) is 3.52. The van der Waals surface area contributed by atoms with E-state index in [9.17, 15) is 4.79 Å². The van der Waals surface area contributed by atoms with Crippen LogP contribution < -0.4 is 5.32 Å². The average Bonchev–Trinajstić information content (AvgIpc) is 3.08. The van der Waals surface area contributed by atoms with Crippen LogP contribution in [-0.2, 0) is 16.1 Å². The number of ether oxygens (including phenoxy) is 1. The Hall–Kier alpha value is -2.08. The number of carbonyl (C=O) groups is 1. The van der Waals surface area contributed by atoms with Crippen LogP contribution in [0.3, 0.4) is 0 Å². The molecule has 5 nitrogen and oxygen atoms in total. The van der Waals surface area contributed by atoms with E-state index in [4.69, 9.17) is 4.74 Å². The first-order valence-electron chi connectivity index (χ1n) is 7.11. The van der Waals surface area contributed by atoms with Gasteiger partial charge in [0, 0.05) is 35.4 Å². The molecule has 0 fully saturated rings. The van der Waals surface area contributed by atoms with Crippen molar-refractivity contribution in [1.82, 2.24) is 9.55 Å². The summed E-state index contributed by atoms with van der Waals surface area (Å²) in [5.74, 6) is -0.196. The molecule has 1 N–H and O–H groups in total. The molecular weight excluding hydrogens is 298 g/mol. The van der Waals surface area contributed by atoms with Gasteiger partial charge in [0.2, 0.25) is 0 Å². The first-order chi connectivity index (χ1) is 10.6. The third-order valence-corrected chi connectivity index (χ3v) is 4.32. The summed E-state index contributed by atoms with van der Waals surface area (Å²) in [6.45, 7) is 9.10. The standard InChI is InChI=1S/C16H21N3O2S/c1-5-7-17-16-18-14(10-22-16)13-9-11(2)19(12(13)3)8-6-15(20)21-4/h5,9-10H,1,6-8H2,2-4H3,(H,17,18). The van der Waals surface area contributed by atoms with Gasteiger partial charge in [0.1, 0.15) is 0 Å². The van der Waals surface area contributed by atoms with Crippen molar-refractivity contribution in [3.05, 3.63) is 35.5 Å². The lowest BCUT2D eigenvalue weighted by molar-refractivity contribution is -0.140. The summed E-state index contributed by atoms with van der Waals surface area (Å²) in [4.78, 5) is 15.9. The summed E-state index contributed by atoms with van der Waals surface area (Å²) in [6, 6.07) is 2.11. The molecular formula is C16H21N3O2S. The van der Waals surface area contributed by atoms with Gasteiger partial charge in [-0.2, -0.15) is 0 Å². The summed E-state index contributed by atoms with van der Waals surface area (Å²) >= 11 is 1.58. The van der Waals surface area contributed by atoms with E-state index in [0.717, 1.165) is 27.8 Å². The van der Waals surface area contributed by atoms with Crippen molar-refractivity contribution in [2.24, 2.45) is 0 Å². The molecule has 6 heteroatoms. The number of rotatable bonds is 7. The maximum Gasteiger partial charge on any atom is 0.307 e. The Labute approximate surface area is 134 Å². The minimum atomic E-state index is -0.196. The molecule has 22 heavy (non-hydrogen) atoms. The Morgan fingerprint density at radius 2 is 2.32 bits per heavy atom. The molecule has 2 aromatic heterocycles. The van der Waals surface area contributed by atoms with Crippen molar-refractivity contribution in [3.8, 4) is 11.3 Å². The van der Waals surface area contributed by atoms with Gasteiger partial charge < -0.3 is 14.6 Å². The number of nitrogens with zero attached hydrogens (tertiary/aromatic N) is 2. The van der Waals surface area contributed by atoms with Crippen molar-refractivity contribution >= 4 is 22.4 Å². The normalized spacial score (nSPS) is 10.5. The maximum absolute atomic E-state index is 11.3. The maximum atomic E-state index is 11.3. The number of anilines is 1. The van der Waals surface area contributed by atoms with E-state index in [1.54, 1.807) is 17.4 Å². The Bertz CT molecular complexity index is 673. The van der Waals surface area contributed by atoms with E-state index < -0.39 is 0 Å². The molecule has 0 aliphatic rings. The van der Waals surface area contributed by atoms with Gasteiger partial charge in [-0.1, -0.05) is 6.08 Å². The van der Waals surface area contributed by atoms with Crippen LogP contribution in [0.4, 0.5) is 5.13 Å². The Morgan fingerprint density at radius 1 is 1.55 bits per heavy atom. The van der Waals surface area contributed by atoms with E-state index in [1.807, 2.05) is 12.3 Å². The summed E-state index contributed by atoms with van der Waals surface area (Å²) in [7, 11) is 1.41. The molecule has 0 bridgehead atoms. The molecule has 0 aliphatic carbocycles. The van der Waals surface area contributed by atoms with E-state index in [2.05, 4.69) is 34.4 Å². The molecule has 0 amide bonds. The molecule has 0 spiro atoms. The number of aromatic nitrogens is 2. The van der Waals surface area contributed by atoms with Crippen molar-refractivity contribution in [2.75, 3.05) is 19.0 Å². The Morgan fingerprint density at radius 3 is 3.00 bits per heavy atom. The number of thiazole rings is 1. The van der Waals surface area contributed by atoms with Crippen molar-refractivity contribution in [1.29, 1.82) is 0 Å². The Balaban J connectivity index is 2.19. The fourth-order valence-electron chi connectivity index (χ4n) is 2.35. The first-order valence-corrected chi connectivity index (χ1v) is 7.99. The molecule has 2 rings (SSSR count). The fourth-order valence-corrected chi connectivity index (χ4v) is 3.07. The quantitative estimate of drug-likeness (QED) is 0.628. The van der Waals surface area contributed by atoms with Gasteiger partial charge in [0.15, 0.2) is 5.13 Å². The zero-order chi connectivity index (χ0) is 16.1. The number of hydrogen-bond acceptors (Lipinski definition) is 5. The molecule has 2 aromatic rings. The van der Waals surface area contributed by atoms with E-state index in [-0.39, 0.29) is 5.97 Å². The minimum Gasteiger partial charge on any atom is -0.469 e. The van der Waals surface area contributed by atoms with Crippen LogP contribution in [-0.4, -0.2) is 29.2 Å². The lowest BCUT2D eigenvalue weighted by Crippen LogP contribution is -2.09. The summed E-state index contributed by atoms with van der Waals surface area (Å²) in [6.07, 6.45) is 2.18. The number of methoxy groups -OCH3 is 1. The third kappa shape index (κ3) is 3.57. The number of hydrogen-bond donors (Lipinski definition) is 1. The second-order valence-corrected chi connectivity index (χ2v) is 5.83. The molecule has 0 aliphatic heterocycles. The monoisotopic (exact) mass is 319 g/mol. The zero-order valence-corrected chi connectivity index (χ0v) is 14.0. The molecule has 118 valence electrons. The number of esters is 1. The highest BCUT2D eigenvalue weighted by Crippen LogP contribution is 2.30. The predicted octanol–water partition coefficient (Wildman–Crippen LogP) is 3.39. The highest BCUT2D eigenvalue weighted by Gasteiger charge is 2.14. The lowest BCUT2D eigenvalue weighted by atomic mass is 10.2. The SMILES string of the molecule is C=CCNc1nc(-c2cc(C)n(CCC(=O)OC)c2C)cs1. The van der Waals surface area contributed by atoms with Crippen LogP contribution in [0.25, 0.3) is 11.3 Å². The second-order valence-electron chi connectivity index (χ2n) is 4.97. The molecule has 0 saturated heterocycles. The highest BCUT2D eigenvalue weighted by atomic mass is 32.1. The molecule has 0 radical (unpaired) electrons. The van der Waals surface area contributed by atoms with Gasteiger partial charge in [-0.15, -0.1) is 17.9 Å². The molecule has 0 unspecified atom stereocenters. The van der Waals surface area contributed by atoms with Gasteiger partial charge in [-0.05, 0) is 19.9 Å². The summed E-state index contributed by atoms with van der Waals surface area (Å²) in [5.41, 5.74) is 4.28. The Kier molecular flexibility index (Phi) is 5.38. The van der Waals surface area contributed by atoms with Crippen LogP contribution in [0.15, 0.2) is 24.1 Å². The van der Waals surface area contributed by atoms with Crippen LogP contribution in [0.1, 0.15) is 17.8 Å². The molecule has 2 heterocycles. The summed E-state index contributed by atoms with van der Waals surface area (Å²) in [5, 5.41) is 6.12. The van der Waals surface area contributed by atoms with Crippen molar-refractivity contribution in [3.63, 3.8) is 0 Å². The van der Waals surface area contributed by atoms with Gasteiger partial charge >= 0.3 is 5.97 Å². The minimum absolute atomic E-state index is 0.196. The average molecular weight is 319 g/mol. The first kappa shape index (κ1) is 16.3. The number of carbonyl (C=O) groups excluding carboxylic acids is 1. The summed E-state index contributed by atoms with van der Waals surface area (Å²) < 4.78 is 6.83. The zero-order valence-electron chi connectivity index (χ0n) is 13.2. The lowest BCUT2D eigenvalue weighted by Gasteiger charge is -2.08. The van der Waals surface area contributed by atoms with Gasteiger partial charge in [0.25, 0.3) is 0 Å². The fraction of sp³-hybridized carbons (Fsp3) is 0.375. The smallest absolute Gasteiger partial charge is 0.307 e. The van der Waals surface area contributed by atoms with Gasteiger partial charge in [-0.3, -0.25) is 4.79 Å². The largest absolute Gasteiger partial charge is 0.469 e. The van der Waals surface area contributed by atoms with E-state index >= 15 is 0 Å². The second kappa shape index (κ2) is 7.26. The van der Waals surface area contributed by atoms with E-state index in [1.165, 1.54) is 7.11 Å². The van der Waals surface area contributed by atoms with Crippen LogP contribution in [0.5, 0.6) is 0 Å². The van der Waals surface area contributed by atoms with Crippen molar-refractivity contribution < 1.29 is 9.53 Å².